The smallest absolute Gasteiger partial charge is 0.258 e. The van der Waals surface area contributed by atoms with Gasteiger partial charge in [0.05, 0.1) is 24.8 Å². The molecule has 1 N–H and O–H groups in total. The van der Waals surface area contributed by atoms with Gasteiger partial charge in [-0.1, -0.05) is 23.7 Å². The van der Waals surface area contributed by atoms with Crippen molar-refractivity contribution < 1.29 is 14.3 Å². The summed E-state index contributed by atoms with van der Waals surface area (Å²) >= 11 is 6.38. The molecule has 1 atom stereocenters. The first-order valence-corrected chi connectivity index (χ1v) is 8.61. The number of hydrogen-bond acceptors (Lipinski definition) is 4. The van der Waals surface area contributed by atoms with Gasteiger partial charge in [0.15, 0.2) is 11.5 Å². The van der Waals surface area contributed by atoms with Crippen LogP contribution in [0.5, 0.6) is 11.5 Å². The lowest BCUT2D eigenvalue weighted by Crippen LogP contribution is -2.44. The minimum absolute atomic E-state index is 0.0488. The molecule has 2 aliphatic rings. The highest BCUT2D eigenvalue weighted by atomic mass is 35.5. The molecular weight excluding hydrogens is 340 g/mol. The van der Waals surface area contributed by atoms with Gasteiger partial charge in [-0.3, -0.25) is 4.79 Å². The number of hydrogen-bond donors (Lipinski definition) is 1. The molecule has 1 heterocycles. The lowest BCUT2D eigenvalue weighted by Gasteiger charge is -2.38. The fourth-order valence-corrected chi connectivity index (χ4v) is 3.63. The topological polar surface area (TPSA) is 50.8 Å². The van der Waals surface area contributed by atoms with E-state index in [4.69, 9.17) is 21.1 Å². The fraction of sp³-hybridized carbons (Fsp3) is 0.316. The third kappa shape index (κ3) is 2.68. The van der Waals surface area contributed by atoms with Crippen LogP contribution in [0.25, 0.3) is 0 Å². The minimum Gasteiger partial charge on any atom is -0.493 e. The van der Waals surface area contributed by atoms with Gasteiger partial charge in [-0.05, 0) is 37.1 Å². The van der Waals surface area contributed by atoms with Gasteiger partial charge in [0.1, 0.15) is 6.17 Å². The highest BCUT2D eigenvalue weighted by molar-refractivity contribution is 6.32. The van der Waals surface area contributed by atoms with E-state index < -0.39 is 0 Å². The number of anilines is 1. The Morgan fingerprint density at radius 2 is 1.92 bits per heavy atom. The molecule has 1 amide bonds. The number of carbonyl (C=O) groups excluding carboxylic acids is 1. The number of nitrogens with one attached hydrogen (secondary N) is 1. The first kappa shape index (κ1) is 16.1. The van der Waals surface area contributed by atoms with E-state index in [-0.39, 0.29) is 18.1 Å². The molecule has 0 saturated heterocycles. The molecule has 5 nitrogen and oxygen atoms in total. The Morgan fingerprint density at radius 1 is 1.16 bits per heavy atom. The molecule has 6 heteroatoms. The number of methoxy groups -OCH3 is 2. The van der Waals surface area contributed by atoms with Crippen molar-refractivity contribution >= 4 is 23.2 Å². The van der Waals surface area contributed by atoms with E-state index in [2.05, 4.69) is 5.32 Å². The van der Waals surface area contributed by atoms with Crippen LogP contribution in [0.3, 0.4) is 0 Å². The fourth-order valence-electron chi connectivity index (χ4n) is 3.34. The number of fused-ring (bicyclic) bond motifs is 1. The van der Waals surface area contributed by atoms with E-state index >= 15 is 0 Å². The Labute approximate surface area is 151 Å². The molecule has 130 valence electrons. The predicted molar refractivity (Wildman–Crippen MR) is 96.6 cm³/mol. The van der Waals surface area contributed by atoms with Crippen LogP contribution in [0.1, 0.15) is 34.9 Å². The molecule has 4 rings (SSSR count). The summed E-state index contributed by atoms with van der Waals surface area (Å²) in [7, 11) is 3.13. The molecule has 2 aromatic rings. The molecular formula is C19H19ClN2O3. The number of ether oxygens (including phenoxy) is 2. The summed E-state index contributed by atoms with van der Waals surface area (Å²) in [5, 5.41) is 3.94. The summed E-state index contributed by atoms with van der Waals surface area (Å²) in [6, 6.07) is 11.5. The standard InChI is InChI=1S/C19H19ClN2O3/c1-24-16-10-11(9-14(20)17(16)25-2)18-21-15-6-4-3-5-13(15)19(23)22(18)12-7-8-12/h3-6,9-10,12,18,21H,7-8H2,1-2H3/t18-/m1/s1. The van der Waals surface area contributed by atoms with Crippen molar-refractivity contribution in [1.82, 2.24) is 4.90 Å². The summed E-state index contributed by atoms with van der Waals surface area (Å²) in [6.45, 7) is 0. The van der Waals surface area contributed by atoms with E-state index in [0.717, 1.165) is 24.1 Å². The SMILES string of the molecule is COc1cc([C@@H]2Nc3ccccc3C(=O)N2C2CC2)cc(Cl)c1OC. The monoisotopic (exact) mass is 358 g/mol. The summed E-state index contributed by atoms with van der Waals surface area (Å²) in [5.74, 6) is 1.09. The third-order valence-corrected chi connectivity index (χ3v) is 4.96. The Kier molecular flexibility index (Phi) is 3.96. The predicted octanol–water partition coefficient (Wildman–Crippen LogP) is 4.09. The van der Waals surface area contributed by atoms with Crippen LogP contribution in [0.2, 0.25) is 5.02 Å². The van der Waals surface area contributed by atoms with Gasteiger partial charge < -0.3 is 19.7 Å². The molecule has 1 fully saturated rings. The maximum atomic E-state index is 13.0. The van der Waals surface area contributed by atoms with Crippen LogP contribution in [-0.4, -0.2) is 31.1 Å². The Hall–Kier alpha value is -2.40. The second-order valence-corrected chi connectivity index (χ2v) is 6.68. The van der Waals surface area contributed by atoms with Crippen molar-refractivity contribution in [2.75, 3.05) is 19.5 Å². The highest BCUT2D eigenvalue weighted by Crippen LogP contribution is 2.44. The summed E-state index contributed by atoms with van der Waals surface area (Å²) in [6.07, 6.45) is 1.76. The third-order valence-electron chi connectivity index (χ3n) is 4.67. The maximum absolute atomic E-state index is 13.0. The van der Waals surface area contributed by atoms with Crippen LogP contribution in [0.15, 0.2) is 36.4 Å². The van der Waals surface area contributed by atoms with Crippen LogP contribution in [-0.2, 0) is 0 Å². The molecule has 0 bridgehead atoms. The van der Waals surface area contributed by atoms with Gasteiger partial charge in [-0.2, -0.15) is 0 Å². The van der Waals surface area contributed by atoms with Gasteiger partial charge in [0, 0.05) is 17.3 Å². The normalized spacial score (nSPS) is 19.2. The van der Waals surface area contributed by atoms with Gasteiger partial charge in [0.2, 0.25) is 0 Å². The van der Waals surface area contributed by atoms with Crippen molar-refractivity contribution in [3.8, 4) is 11.5 Å². The van der Waals surface area contributed by atoms with Crippen LogP contribution in [0.4, 0.5) is 5.69 Å². The average Bonchev–Trinajstić information content (AvgIpc) is 3.45. The maximum Gasteiger partial charge on any atom is 0.258 e. The molecule has 1 saturated carbocycles. The Morgan fingerprint density at radius 3 is 2.60 bits per heavy atom. The zero-order valence-corrected chi connectivity index (χ0v) is 14.8. The quantitative estimate of drug-likeness (QED) is 0.894. The number of rotatable bonds is 4. The van der Waals surface area contributed by atoms with E-state index in [0.29, 0.717) is 22.1 Å². The molecule has 1 aliphatic carbocycles. The minimum atomic E-state index is -0.285. The van der Waals surface area contributed by atoms with Crippen molar-refractivity contribution in [3.63, 3.8) is 0 Å². The van der Waals surface area contributed by atoms with Crippen LogP contribution < -0.4 is 14.8 Å². The summed E-state index contributed by atoms with van der Waals surface area (Å²) in [4.78, 5) is 15.0. The second-order valence-electron chi connectivity index (χ2n) is 6.27. The largest absolute Gasteiger partial charge is 0.493 e. The number of carbonyl (C=O) groups is 1. The molecule has 25 heavy (non-hydrogen) atoms. The zero-order valence-electron chi connectivity index (χ0n) is 14.1. The molecule has 0 spiro atoms. The van der Waals surface area contributed by atoms with Crippen LogP contribution in [0, 0.1) is 0 Å². The van der Waals surface area contributed by atoms with E-state index in [1.165, 1.54) is 0 Å². The van der Waals surface area contributed by atoms with Crippen molar-refractivity contribution in [3.05, 3.63) is 52.5 Å². The van der Waals surface area contributed by atoms with Gasteiger partial charge in [-0.15, -0.1) is 0 Å². The summed E-state index contributed by atoms with van der Waals surface area (Å²) in [5.41, 5.74) is 2.41. The van der Waals surface area contributed by atoms with Gasteiger partial charge >= 0.3 is 0 Å². The molecule has 0 radical (unpaired) electrons. The number of benzene rings is 2. The average molecular weight is 359 g/mol. The van der Waals surface area contributed by atoms with Crippen molar-refractivity contribution in [1.29, 1.82) is 0 Å². The highest BCUT2D eigenvalue weighted by Gasteiger charge is 2.42. The lowest BCUT2D eigenvalue weighted by molar-refractivity contribution is 0.0666. The van der Waals surface area contributed by atoms with Gasteiger partial charge in [0.25, 0.3) is 5.91 Å². The van der Waals surface area contributed by atoms with E-state index in [9.17, 15) is 4.79 Å². The number of nitrogens with zero attached hydrogens (tertiary/aromatic N) is 1. The van der Waals surface area contributed by atoms with E-state index in [1.807, 2.05) is 41.3 Å². The van der Waals surface area contributed by atoms with Gasteiger partial charge in [-0.25, -0.2) is 0 Å². The van der Waals surface area contributed by atoms with E-state index in [1.54, 1.807) is 14.2 Å². The zero-order chi connectivity index (χ0) is 17.6. The molecule has 2 aromatic carbocycles. The van der Waals surface area contributed by atoms with Crippen LogP contribution >= 0.6 is 11.6 Å². The number of halogens is 1. The first-order valence-electron chi connectivity index (χ1n) is 8.23. The number of amides is 1. The lowest BCUT2D eigenvalue weighted by atomic mass is 10.0. The number of para-hydroxylation sites is 1. The molecule has 0 aromatic heterocycles. The Bertz CT molecular complexity index is 835. The Balaban J connectivity index is 1.81. The molecule has 0 unspecified atom stereocenters. The summed E-state index contributed by atoms with van der Waals surface area (Å²) < 4.78 is 10.7. The van der Waals surface area contributed by atoms with Crippen molar-refractivity contribution in [2.24, 2.45) is 0 Å². The second kappa shape index (κ2) is 6.15. The van der Waals surface area contributed by atoms with Crippen molar-refractivity contribution in [2.45, 2.75) is 25.0 Å². The first-order chi connectivity index (χ1) is 12.1. The molecule has 1 aliphatic heterocycles.